The zero-order chi connectivity index (χ0) is 10.4. The smallest absolute Gasteiger partial charge is 0.226 e. The second-order valence-corrected chi connectivity index (χ2v) is 4.38. The molecule has 1 atom stereocenters. The first-order valence-corrected chi connectivity index (χ1v) is 6.02. The summed E-state index contributed by atoms with van der Waals surface area (Å²) >= 11 is 1.79. The zero-order valence-corrected chi connectivity index (χ0v) is 9.51. The quantitative estimate of drug-likeness (QED) is 0.730. The lowest BCUT2D eigenvalue weighted by molar-refractivity contribution is 0.378. The average molecular weight is 215 g/mol. The number of nitrogens with zero attached hydrogens (tertiary/aromatic N) is 2. The van der Waals surface area contributed by atoms with Gasteiger partial charge in [0.2, 0.25) is 5.89 Å². The van der Waals surface area contributed by atoms with Crippen molar-refractivity contribution in [1.29, 1.82) is 0 Å². The normalized spacial score (nSPS) is 13.1. The van der Waals surface area contributed by atoms with E-state index in [-0.39, 0.29) is 6.04 Å². The Hall–Kier alpha value is -0.550. The molecule has 0 spiro atoms. The lowest BCUT2D eigenvalue weighted by Gasteiger charge is -2.01. The van der Waals surface area contributed by atoms with Crippen LogP contribution in [0.2, 0.25) is 0 Å². The molecule has 0 radical (unpaired) electrons. The predicted molar refractivity (Wildman–Crippen MR) is 58.1 cm³/mol. The van der Waals surface area contributed by atoms with Gasteiger partial charge < -0.3 is 10.3 Å². The van der Waals surface area contributed by atoms with E-state index in [0.29, 0.717) is 5.89 Å². The van der Waals surface area contributed by atoms with Crippen LogP contribution >= 0.6 is 11.8 Å². The van der Waals surface area contributed by atoms with Crippen LogP contribution in [0.3, 0.4) is 0 Å². The summed E-state index contributed by atoms with van der Waals surface area (Å²) in [5.41, 5.74) is 5.63. The van der Waals surface area contributed by atoms with Gasteiger partial charge in [-0.3, -0.25) is 0 Å². The van der Waals surface area contributed by atoms with Gasteiger partial charge in [0, 0.05) is 12.5 Å². The average Bonchev–Trinajstić information content (AvgIpc) is 2.60. The maximum absolute atomic E-state index is 5.63. The molecule has 0 aromatic carbocycles. The fraction of sp³-hybridized carbons (Fsp3) is 0.778. The standard InChI is InChI=1S/C9H17N3OS/c1-3-9-11-8(12-13-9)6-14-5-4-7(2)10/h7H,3-6,10H2,1-2H3. The van der Waals surface area contributed by atoms with Gasteiger partial charge in [0.1, 0.15) is 0 Å². The van der Waals surface area contributed by atoms with Crippen molar-refractivity contribution >= 4 is 11.8 Å². The van der Waals surface area contributed by atoms with Crippen molar-refractivity contribution in [3.8, 4) is 0 Å². The molecule has 1 rings (SSSR count). The minimum atomic E-state index is 0.277. The Morgan fingerprint density at radius 1 is 1.57 bits per heavy atom. The van der Waals surface area contributed by atoms with Crippen LogP contribution in [0.25, 0.3) is 0 Å². The van der Waals surface area contributed by atoms with E-state index in [1.54, 1.807) is 11.8 Å². The molecule has 80 valence electrons. The molecule has 0 bridgehead atoms. The molecule has 0 saturated carbocycles. The molecule has 1 heterocycles. The highest BCUT2D eigenvalue weighted by Gasteiger charge is 2.04. The first kappa shape index (κ1) is 11.5. The third kappa shape index (κ3) is 4.11. The largest absolute Gasteiger partial charge is 0.339 e. The highest BCUT2D eigenvalue weighted by molar-refractivity contribution is 7.98. The fourth-order valence-corrected chi connectivity index (χ4v) is 1.91. The molecule has 0 aliphatic carbocycles. The molecule has 4 nitrogen and oxygen atoms in total. The summed E-state index contributed by atoms with van der Waals surface area (Å²) in [5, 5.41) is 3.87. The Balaban J connectivity index is 2.18. The molecule has 14 heavy (non-hydrogen) atoms. The Morgan fingerprint density at radius 2 is 2.36 bits per heavy atom. The Morgan fingerprint density at radius 3 is 2.93 bits per heavy atom. The van der Waals surface area contributed by atoms with Crippen molar-refractivity contribution in [2.24, 2.45) is 5.73 Å². The van der Waals surface area contributed by atoms with Crippen molar-refractivity contribution in [3.63, 3.8) is 0 Å². The number of hydrogen-bond donors (Lipinski definition) is 1. The summed E-state index contributed by atoms with van der Waals surface area (Å²) in [6, 6.07) is 0.277. The van der Waals surface area contributed by atoms with E-state index >= 15 is 0 Å². The molecule has 1 aromatic rings. The summed E-state index contributed by atoms with van der Waals surface area (Å²) in [4.78, 5) is 4.22. The monoisotopic (exact) mass is 215 g/mol. The van der Waals surface area contributed by atoms with Gasteiger partial charge in [-0.2, -0.15) is 16.7 Å². The molecule has 0 aliphatic heterocycles. The molecular formula is C9H17N3OS. The molecule has 1 aromatic heterocycles. The van der Waals surface area contributed by atoms with Crippen molar-refractivity contribution in [3.05, 3.63) is 11.7 Å². The van der Waals surface area contributed by atoms with Gasteiger partial charge in [0.05, 0.1) is 5.75 Å². The van der Waals surface area contributed by atoms with Gasteiger partial charge in [-0.05, 0) is 19.1 Å². The third-order valence-electron chi connectivity index (χ3n) is 1.76. The number of rotatable bonds is 6. The van der Waals surface area contributed by atoms with Crippen LogP contribution in [0.5, 0.6) is 0 Å². The van der Waals surface area contributed by atoms with Crippen LogP contribution in [-0.2, 0) is 12.2 Å². The van der Waals surface area contributed by atoms with E-state index in [9.17, 15) is 0 Å². The minimum Gasteiger partial charge on any atom is -0.339 e. The first-order chi connectivity index (χ1) is 6.72. The van der Waals surface area contributed by atoms with E-state index in [2.05, 4.69) is 10.1 Å². The second-order valence-electron chi connectivity index (χ2n) is 3.28. The lowest BCUT2D eigenvalue weighted by atomic mass is 10.3. The van der Waals surface area contributed by atoms with Crippen LogP contribution in [0.1, 0.15) is 32.0 Å². The van der Waals surface area contributed by atoms with Gasteiger partial charge in [0.25, 0.3) is 0 Å². The van der Waals surface area contributed by atoms with E-state index in [1.807, 2.05) is 13.8 Å². The summed E-state index contributed by atoms with van der Waals surface area (Å²) in [7, 11) is 0. The highest BCUT2D eigenvalue weighted by atomic mass is 32.2. The summed E-state index contributed by atoms with van der Waals surface area (Å²) in [5.74, 6) is 3.37. The molecule has 5 heteroatoms. The lowest BCUT2D eigenvalue weighted by Crippen LogP contribution is -2.15. The number of aryl methyl sites for hydroxylation is 1. The molecule has 2 N–H and O–H groups in total. The summed E-state index contributed by atoms with van der Waals surface area (Å²) < 4.78 is 4.99. The molecule has 0 aliphatic rings. The van der Waals surface area contributed by atoms with E-state index < -0.39 is 0 Å². The molecular weight excluding hydrogens is 198 g/mol. The Labute approximate surface area is 88.6 Å². The Bertz CT molecular complexity index is 262. The SMILES string of the molecule is CCc1nc(CSCCC(C)N)no1. The van der Waals surface area contributed by atoms with Crippen LogP contribution in [0, 0.1) is 0 Å². The highest BCUT2D eigenvalue weighted by Crippen LogP contribution is 2.11. The summed E-state index contributed by atoms with van der Waals surface area (Å²) in [6.07, 6.45) is 1.83. The van der Waals surface area contributed by atoms with Gasteiger partial charge in [-0.25, -0.2) is 0 Å². The van der Waals surface area contributed by atoms with Crippen molar-refractivity contribution in [2.45, 2.75) is 38.5 Å². The summed E-state index contributed by atoms with van der Waals surface area (Å²) in [6.45, 7) is 4.02. The number of aromatic nitrogens is 2. The van der Waals surface area contributed by atoms with Gasteiger partial charge in [-0.15, -0.1) is 0 Å². The first-order valence-electron chi connectivity index (χ1n) is 4.87. The fourth-order valence-electron chi connectivity index (χ4n) is 0.925. The minimum absolute atomic E-state index is 0.277. The molecule has 0 fully saturated rings. The van der Waals surface area contributed by atoms with Crippen LogP contribution in [0.15, 0.2) is 4.52 Å². The van der Waals surface area contributed by atoms with Crippen LogP contribution < -0.4 is 5.73 Å². The third-order valence-corrected chi connectivity index (χ3v) is 2.75. The Kier molecular flexibility index (Phi) is 4.97. The molecule has 0 amide bonds. The molecule has 1 unspecified atom stereocenters. The molecule has 0 saturated heterocycles. The van der Waals surface area contributed by atoms with Gasteiger partial charge in [-0.1, -0.05) is 12.1 Å². The van der Waals surface area contributed by atoms with Crippen molar-refractivity contribution in [1.82, 2.24) is 10.1 Å². The van der Waals surface area contributed by atoms with E-state index in [0.717, 1.165) is 30.2 Å². The van der Waals surface area contributed by atoms with Gasteiger partial charge in [0.15, 0.2) is 5.82 Å². The van der Waals surface area contributed by atoms with Crippen LogP contribution in [0.4, 0.5) is 0 Å². The number of hydrogen-bond acceptors (Lipinski definition) is 5. The van der Waals surface area contributed by atoms with E-state index in [1.165, 1.54) is 0 Å². The zero-order valence-electron chi connectivity index (χ0n) is 8.69. The van der Waals surface area contributed by atoms with Gasteiger partial charge >= 0.3 is 0 Å². The van der Waals surface area contributed by atoms with Crippen LogP contribution in [-0.4, -0.2) is 21.9 Å². The maximum atomic E-state index is 5.63. The predicted octanol–water partition coefficient (Wildman–Crippen LogP) is 1.60. The maximum Gasteiger partial charge on any atom is 0.226 e. The second kappa shape index (κ2) is 6.03. The van der Waals surface area contributed by atoms with Crippen molar-refractivity contribution < 1.29 is 4.52 Å². The number of nitrogens with two attached hydrogens (primary N) is 1. The number of thioether (sulfide) groups is 1. The van der Waals surface area contributed by atoms with Crippen molar-refractivity contribution in [2.75, 3.05) is 5.75 Å². The topological polar surface area (TPSA) is 64.9 Å². The van der Waals surface area contributed by atoms with E-state index in [4.69, 9.17) is 10.3 Å².